The molecule has 9 rings (SSSR count). The highest BCUT2D eigenvalue weighted by Gasteiger charge is 2.49. The summed E-state index contributed by atoms with van der Waals surface area (Å²) in [5.41, 5.74) is 0. The lowest BCUT2D eigenvalue weighted by molar-refractivity contribution is 0.589. The van der Waals surface area contributed by atoms with Gasteiger partial charge in [0, 0.05) is 63.7 Å². The van der Waals surface area contributed by atoms with Gasteiger partial charge >= 0.3 is 0 Å². The van der Waals surface area contributed by atoms with Gasteiger partial charge < -0.3 is 18.3 Å². The molecule has 0 unspecified atom stereocenters. The predicted molar refractivity (Wildman–Crippen MR) is 264 cm³/mol. The first-order valence-electron chi connectivity index (χ1n) is 20.4. The van der Waals surface area contributed by atoms with Crippen LogP contribution in [0.3, 0.4) is 0 Å². The Labute approximate surface area is 363 Å². The number of hydrogen-bond donors (Lipinski definition) is 0. The third-order valence-electron chi connectivity index (χ3n) is 11.4. The van der Waals surface area contributed by atoms with Crippen molar-refractivity contribution in [2.45, 2.75) is 0 Å². The second-order valence-corrected chi connectivity index (χ2v) is 25.8. The van der Waals surface area contributed by atoms with Crippen molar-refractivity contribution in [3.8, 4) is 0 Å². The fourth-order valence-corrected chi connectivity index (χ4v) is 22.3. The van der Waals surface area contributed by atoms with Crippen LogP contribution in [-0.4, -0.2) is 0 Å². The summed E-state index contributed by atoms with van der Waals surface area (Å²) in [6.07, 6.45) is 0. The molecule has 302 valence electrons. The third kappa shape index (κ3) is 6.99. The molecule has 0 saturated heterocycles. The zero-order valence-corrected chi connectivity index (χ0v) is 37.2. The van der Waals surface area contributed by atoms with Gasteiger partial charge in [0.1, 0.15) is 0 Å². The van der Waals surface area contributed by atoms with E-state index in [-0.39, 0.29) is 21.2 Å². The maximum absolute atomic E-state index is 17.7. The van der Waals surface area contributed by atoms with E-state index in [1.165, 1.54) is 0 Å². The summed E-state index contributed by atoms with van der Waals surface area (Å²) >= 11 is 0. The zero-order chi connectivity index (χ0) is 42.6. The maximum Gasteiger partial charge on any atom is 0.172 e. The molecule has 0 aliphatic rings. The van der Waals surface area contributed by atoms with E-state index in [1.807, 2.05) is 243 Å². The van der Waals surface area contributed by atoms with E-state index >= 15 is 18.3 Å². The van der Waals surface area contributed by atoms with Gasteiger partial charge in [-0.05, 0) is 12.1 Å². The van der Waals surface area contributed by atoms with Gasteiger partial charge in [-0.1, -0.05) is 243 Å². The molecular weight excluding hydrogens is 836 g/mol. The minimum atomic E-state index is -4.27. The number of rotatable bonds is 12. The first kappa shape index (κ1) is 41.3. The minimum absolute atomic E-state index is 0.159. The highest BCUT2D eigenvalue weighted by molar-refractivity contribution is 7.95. The van der Waals surface area contributed by atoms with Gasteiger partial charge in [-0.3, -0.25) is 0 Å². The SMILES string of the molecule is O=P(c1ccccc1)(c1ccccc1)c1ccc(P(=O)(c2ccccc2)c2ccccc2)c(P(=O)(c2ccccc2)c2ccccc2)c1P(=O)(c1ccccc1)c1ccccc1. The largest absolute Gasteiger partial charge is 0.309 e. The second kappa shape index (κ2) is 17.3. The van der Waals surface area contributed by atoms with Crippen molar-refractivity contribution in [1.29, 1.82) is 0 Å². The van der Waals surface area contributed by atoms with Crippen molar-refractivity contribution in [3.05, 3.63) is 255 Å². The summed E-state index contributed by atoms with van der Waals surface area (Å²) in [5.74, 6) is 0. The molecule has 0 saturated carbocycles. The quantitative estimate of drug-likeness (QED) is 0.116. The van der Waals surface area contributed by atoms with Gasteiger partial charge in [0.15, 0.2) is 28.6 Å². The first-order chi connectivity index (χ1) is 30.3. The van der Waals surface area contributed by atoms with Crippen molar-refractivity contribution in [1.82, 2.24) is 0 Å². The smallest absolute Gasteiger partial charge is 0.172 e. The molecule has 8 heteroatoms. The van der Waals surface area contributed by atoms with E-state index in [9.17, 15) is 0 Å². The Balaban J connectivity index is 1.62. The highest BCUT2D eigenvalue weighted by Crippen LogP contribution is 2.54. The molecule has 0 bridgehead atoms. The molecule has 0 fully saturated rings. The van der Waals surface area contributed by atoms with Gasteiger partial charge in [0.2, 0.25) is 0 Å². The van der Waals surface area contributed by atoms with Gasteiger partial charge in [-0.2, -0.15) is 0 Å². The van der Waals surface area contributed by atoms with Gasteiger partial charge in [-0.25, -0.2) is 0 Å². The fraction of sp³-hybridized carbons (Fsp3) is 0. The summed E-state index contributed by atoms with van der Waals surface area (Å²) < 4.78 is 69.6. The summed E-state index contributed by atoms with van der Waals surface area (Å²) in [6, 6.07) is 77.4. The van der Waals surface area contributed by atoms with Crippen LogP contribution in [0.4, 0.5) is 0 Å². The predicted octanol–water partition coefficient (Wildman–Crippen LogP) is 8.24. The minimum Gasteiger partial charge on any atom is -0.309 e. The molecule has 0 spiro atoms. The van der Waals surface area contributed by atoms with E-state index in [1.54, 1.807) is 12.1 Å². The van der Waals surface area contributed by atoms with Crippen molar-refractivity contribution in [2.24, 2.45) is 0 Å². The normalized spacial score (nSPS) is 12.1. The molecule has 0 aliphatic carbocycles. The molecule has 0 amide bonds. The molecule has 0 aromatic heterocycles. The highest BCUT2D eigenvalue weighted by atomic mass is 31.2. The topological polar surface area (TPSA) is 68.3 Å². The molecule has 0 heterocycles. The fourth-order valence-electron chi connectivity index (χ4n) is 8.46. The summed E-state index contributed by atoms with van der Waals surface area (Å²) in [5, 5.41) is 4.75. The maximum atomic E-state index is 17.7. The van der Waals surface area contributed by atoms with Crippen molar-refractivity contribution >= 4 is 92.2 Å². The Morgan fingerprint density at radius 2 is 0.323 bits per heavy atom. The summed E-state index contributed by atoms with van der Waals surface area (Å²) in [6.45, 7) is 0. The first-order valence-corrected chi connectivity index (χ1v) is 27.2. The lowest BCUT2D eigenvalue weighted by Crippen LogP contribution is -2.53. The van der Waals surface area contributed by atoms with Gasteiger partial charge in [-0.15, -0.1) is 0 Å². The van der Waals surface area contributed by atoms with E-state index < -0.39 is 28.6 Å². The van der Waals surface area contributed by atoms with Crippen molar-refractivity contribution in [3.63, 3.8) is 0 Å². The molecule has 0 N–H and O–H groups in total. The van der Waals surface area contributed by atoms with Crippen LogP contribution < -0.4 is 63.7 Å². The second-order valence-electron chi connectivity index (χ2n) is 14.9. The van der Waals surface area contributed by atoms with Crippen LogP contribution in [0.1, 0.15) is 0 Å². The van der Waals surface area contributed by atoms with Crippen LogP contribution in [0, 0.1) is 0 Å². The van der Waals surface area contributed by atoms with Crippen molar-refractivity contribution in [2.75, 3.05) is 0 Å². The molecule has 0 aliphatic heterocycles. The monoisotopic (exact) mass is 878 g/mol. The van der Waals surface area contributed by atoms with Crippen LogP contribution in [0.5, 0.6) is 0 Å². The Hall–Kier alpha value is -6.10. The van der Waals surface area contributed by atoms with Crippen LogP contribution >= 0.6 is 28.6 Å². The average molecular weight is 879 g/mol. The van der Waals surface area contributed by atoms with Gasteiger partial charge in [0.05, 0.1) is 0 Å². The molecule has 9 aromatic rings. The zero-order valence-electron chi connectivity index (χ0n) is 33.7. The third-order valence-corrected chi connectivity index (χ3v) is 24.4. The van der Waals surface area contributed by atoms with Crippen LogP contribution in [0.25, 0.3) is 0 Å². The lowest BCUT2D eigenvalue weighted by Gasteiger charge is -2.35. The van der Waals surface area contributed by atoms with E-state index in [0.29, 0.717) is 42.4 Å². The van der Waals surface area contributed by atoms with Gasteiger partial charge in [0.25, 0.3) is 0 Å². The Kier molecular flexibility index (Phi) is 11.5. The van der Waals surface area contributed by atoms with Crippen LogP contribution in [0.15, 0.2) is 255 Å². The standard InChI is InChI=1S/C54H42O4P4/c55-59(43-25-9-1-10-26-43,44-27-11-2-12-28-44)51-41-42-52(60(56,45-29-13-3-14-30-45)46-31-15-4-16-32-46)54(62(58,49-37-21-7-22-38-49)50-39-23-8-24-40-50)53(51)61(57,47-33-17-5-18-34-47)48-35-19-6-20-36-48/h1-42H. The molecule has 0 radical (unpaired) electrons. The lowest BCUT2D eigenvalue weighted by atomic mass is 10.3. The average Bonchev–Trinajstić information content (AvgIpc) is 3.37. The molecule has 4 nitrogen and oxygen atoms in total. The number of hydrogen-bond acceptors (Lipinski definition) is 4. The summed E-state index contributed by atoms with van der Waals surface area (Å²) in [7, 11) is -16.6. The Morgan fingerprint density at radius 1 is 0.177 bits per heavy atom. The Morgan fingerprint density at radius 3 is 0.484 bits per heavy atom. The molecule has 0 atom stereocenters. The Bertz CT molecular complexity index is 2760. The van der Waals surface area contributed by atoms with E-state index in [2.05, 4.69) is 0 Å². The summed E-state index contributed by atoms with van der Waals surface area (Å²) in [4.78, 5) is 0. The van der Waals surface area contributed by atoms with E-state index in [4.69, 9.17) is 0 Å². The molecule has 62 heavy (non-hydrogen) atoms. The van der Waals surface area contributed by atoms with Crippen molar-refractivity contribution < 1.29 is 18.3 Å². The number of benzene rings is 9. The van der Waals surface area contributed by atoms with Crippen LogP contribution in [0.2, 0.25) is 0 Å². The van der Waals surface area contributed by atoms with E-state index in [0.717, 1.165) is 0 Å². The molecule has 9 aromatic carbocycles. The van der Waals surface area contributed by atoms with Crippen LogP contribution in [-0.2, 0) is 18.3 Å². The molecular formula is C54H42O4P4.